The molecule has 10 heavy (non-hydrogen) atoms. The van der Waals surface area contributed by atoms with Gasteiger partial charge in [0.25, 0.3) is 0 Å². The molecule has 0 aromatic carbocycles. The molecule has 1 heteroatoms. The maximum Gasteiger partial charge on any atom is 0.0226 e. The minimum atomic E-state index is 0.732. The second kappa shape index (κ2) is 7.14. The van der Waals surface area contributed by atoms with Crippen LogP contribution in [0.4, 0.5) is 0 Å². The van der Waals surface area contributed by atoms with Crippen LogP contribution in [-0.4, -0.2) is 5.88 Å². The molecule has 0 aliphatic carbocycles. The maximum absolute atomic E-state index is 5.52. The number of unbranched alkanes of at least 4 members (excludes halogenated alkanes) is 1. The molecule has 0 aromatic rings. The second-order valence-electron chi connectivity index (χ2n) is 2.64. The molecule has 0 rings (SSSR count). The smallest absolute Gasteiger partial charge is 0.0226 e. The monoisotopic (exact) mass is 160 g/mol. The molecule has 0 heterocycles. The summed E-state index contributed by atoms with van der Waals surface area (Å²) >= 11 is 5.52. The molecule has 0 aliphatic rings. The van der Waals surface area contributed by atoms with Crippen molar-refractivity contribution in [3.63, 3.8) is 0 Å². The highest BCUT2D eigenvalue weighted by Gasteiger charge is 1.88. The van der Waals surface area contributed by atoms with Crippen LogP contribution in [-0.2, 0) is 0 Å². The van der Waals surface area contributed by atoms with Crippen LogP contribution in [0.2, 0.25) is 0 Å². The van der Waals surface area contributed by atoms with Gasteiger partial charge in [-0.15, -0.1) is 11.6 Å². The summed E-state index contributed by atoms with van der Waals surface area (Å²) in [4.78, 5) is 0. The van der Waals surface area contributed by atoms with Gasteiger partial charge >= 0.3 is 0 Å². The number of allylic oxidation sites excluding steroid dienone is 2. The Hall–Kier alpha value is 0.0300. The van der Waals surface area contributed by atoms with Gasteiger partial charge in [-0.25, -0.2) is 0 Å². The van der Waals surface area contributed by atoms with Gasteiger partial charge in [-0.2, -0.15) is 0 Å². The van der Waals surface area contributed by atoms with E-state index < -0.39 is 0 Å². The summed E-state index contributed by atoms with van der Waals surface area (Å²) in [5.41, 5.74) is 0. The van der Waals surface area contributed by atoms with Crippen molar-refractivity contribution in [3.05, 3.63) is 12.2 Å². The van der Waals surface area contributed by atoms with Gasteiger partial charge in [0.15, 0.2) is 0 Å². The zero-order chi connectivity index (χ0) is 7.82. The zero-order valence-corrected chi connectivity index (χ0v) is 7.69. The highest BCUT2D eigenvalue weighted by atomic mass is 35.5. The first-order chi connectivity index (χ1) is 4.81. The Balaban J connectivity index is 3.18. The van der Waals surface area contributed by atoms with Gasteiger partial charge in [0.2, 0.25) is 0 Å². The standard InChI is InChI=1S/C9H17Cl/c1-3-9(2)7-5-4-6-8-10/h5,7,9H,3-4,6,8H2,1-2H3/b7-5+. The summed E-state index contributed by atoms with van der Waals surface area (Å²) in [6, 6.07) is 0. The lowest BCUT2D eigenvalue weighted by Gasteiger charge is -1.98. The first kappa shape index (κ1) is 10.0. The number of halogens is 1. The Morgan fingerprint density at radius 3 is 2.70 bits per heavy atom. The molecule has 0 radical (unpaired) electrons. The number of rotatable bonds is 5. The SMILES string of the molecule is CCC(C)/C=C/CCCCl. The van der Waals surface area contributed by atoms with E-state index in [1.807, 2.05) is 0 Å². The average molecular weight is 161 g/mol. The van der Waals surface area contributed by atoms with E-state index in [0.717, 1.165) is 24.6 Å². The van der Waals surface area contributed by atoms with Crippen molar-refractivity contribution >= 4 is 11.6 Å². The number of hydrogen-bond donors (Lipinski definition) is 0. The molecular formula is C9H17Cl. The maximum atomic E-state index is 5.52. The average Bonchev–Trinajstić information content (AvgIpc) is 1.98. The molecule has 0 N–H and O–H groups in total. The molecule has 0 bridgehead atoms. The fourth-order valence-corrected chi connectivity index (χ4v) is 0.814. The molecule has 60 valence electrons. The zero-order valence-electron chi connectivity index (χ0n) is 6.94. The van der Waals surface area contributed by atoms with Gasteiger partial charge < -0.3 is 0 Å². The minimum Gasteiger partial charge on any atom is -0.127 e. The van der Waals surface area contributed by atoms with Crippen molar-refractivity contribution < 1.29 is 0 Å². The Bertz CT molecular complexity index is 86.7. The number of hydrogen-bond acceptors (Lipinski definition) is 0. The third-order valence-electron chi connectivity index (χ3n) is 1.61. The van der Waals surface area contributed by atoms with Gasteiger partial charge in [-0.3, -0.25) is 0 Å². The van der Waals surface area contributed by atoms with E-state index in [-0.39, 0.29) is 0 Å². The third kappa shape index (κ3) is 6.15. The van der Waals surface area contributed by atoms with Crippen molar-refractivity contribution in [1.82, 2.24) is 0 Å². The Labute approximate surface area is 69.3 Å². The quantitative estimate of drug-likeness (QED) is 0.328. The summed E-state index contributed by atoms with van der Waals surface area (Å²) in [6.07, 6.45) is 7.98. The van der Waals surface area contributed by atoms with Gasteiger partial charge in [-0.1, -0.05) is 32.4 Å². The van der Waals surface area contributed by atoms with Gasteiger partial charge in [0.05, 0.1) is 0 Å². The van der Waals surface area contributed by atoms with Crippen LogP contribution >= 0.6 is 11.6 Å². The molecule has 0 nitrogen and oxygen atoms in total. The molecule has 0 amide bonds. The summed E-state index contributed by atoms with van der Waals surface area (Å²) in [5, 5.41) is 0. The predicted octanol–water partition coefficient (Wildman–Crippen LogP) is 3.61. The van der Waals surface area contributed by atoms with Crippen LogP contribution in [0.15, 0.2) is 12.2 Å². The van der Waals surface area contributed by atoms with Crippen molar-refractivity contribution in [3.8, 4) is 0 Å². The topological polar surface area (TPSA) is 0 Å². The lowest BCUT2D eigenvalue weighted by molar-refractivity contribution is 0.694. The first-order valence-corrected chi connectivity index (χ1v) is 4.57. The summed E-state index contributed by atoms with van der Waals surface area (Å²) in [6.45, 7) is 4.44. The van der Waals surface area contributed by atoms with Crippen molar-refractivity contribution in [1.29, 1.82) is 0 Å². The highest BCUT2D eigenvalue weighted by molar-refractivity contribution is 6.17. The fraction of sp³-hybridized carbons (Fsp3) is 0.778. The Morgan fingerprint density at radius 1 is 1.50 bits per heavy atom. The third-order valence-corrected chi connectivity index (χ3v) is 1.88. The normalized spacial score (nSPS) is 14.3. The molecule has 0 saturated heterocycles. The van der Waals surface area contributed by atoms with Crippen LogP contribution in [0.3, 0.4) is 0 Å². The van der Waals surface area contributed by atoms with Gasteiger partial charge in [-0.05, 0) is 18.8 Å². The molecule has 0 aliphatic heterocycles. The molecule has 0 saturated carbocycles. The number of alkyl halides is 1. The molecule has 0 spiro atoms. The van der Waals surface area contributed by atoms with Crippen LogP contribution in [0.5, 0.6) is 0 Å². The lowest BCUT2D eigenvalue weighted by Crippen LogP contribution is -1.83. The Morgan fingerprint density at radius 2 is 2.20 bits per heavy atom. The lowest BCUT2D eigenvalue weighted by atomic mass is 10.1. The predicted molar refractivity (Wildman–Crippen MR) is 48.5 cm³/mol. The molecule has 1 atom stereocenters. The molecular weight excluding hydrogens is 144 g/mol. The summed E-state index contributed by atoms with van der Waals surface area (Å²) < 4.78 is 0. The van der Waals surface area contributed by atoms with E-state index in [1.165, 1.54) is 6.42 Å². The van der Waals surface area contributed by atoms with Gasteiger partial charge in [0.1, 0.15) is 0 Å². The molecule has 0 aromatic heterocycles. The van der Waals surface area contributed by atoms with E-state index in [9.17, 15) is 0 Å². The van der Waals surface area contributed by atoms with E-state index in [1.54, 1.807) is 0 Å². The van der Waals surface area contributed by atoms with Crippen LogP contribution < -0.4 is 0 Å². The second-order valence-corrected chi connectivity index (χ2v) is 3.02. The fourth-order valence-electron chi connectivity index (χ4n) is 0.660. The van der Waals surface area contributed by atoms with Crippen LogP contribution in [0.25, 0.3) is 0 Å². The summed E-state index contributed by atoms with van der Waals surface area (Å²) in [5.74, 6) is 1.51. The molecule has 0 fully saturated rings. The Kier molecular flexibility index (Phi) is 7.16. The van der Waals surface area contributed by atoms with Crippen LogP contribution in [0, 0.1) is 5.92 Å². The van der Waals surface area contributed by atoms with E-state index in [0.29, 0.717) is 0 Å². The van der Waals surface area contributed by atoms with Crippen molar-refractivity contribution in [2.24, 2.45) is 5.92 Å². The first-order valence-electron chi connectivity index (χ1n) is 4.03. The van der Waals surface area contributed by atoms with E-state index in [4.69, 9.17) is 11.6 Å². The highest BCUT2D eigenvalue weighted by Crippen LogP contribution is 2.03. The molecule has 1 unspecified atom stereocenters. The van der Waals surface area contributed by atoms with Gasteiger partial charge in [0, 0.05) is 5.88 Å². The van der Waals surface area contributed by atoms with Crippen LogP contribution in [0.1, 0.15) is 33.1 Å². The van der Waals surface area contributed by atoms with E-state index >= 15 is 0 Å². The van der Waals surface area contributed by atoms with Crippen molar-refractivity contribution in [2.75, 3.05) is 5.88 Å². The van der Waals surface area contributed by atoms with E-state index in [2.05, 4.69) is 26.0 Å². The summed E-state index contributed by atoms with van der Waals surface area (Å²) in [7, 11) is 0. The largest absolute Gasteiger partial charge is 0.127 e. The minimum absolute atomic E-state index is 0.732. The van der Waals surface area contributed by atoms with Crippen molar-refractivity contribution in [2.45, 2.75) is 33.1 Å².